The van der Waals surface area contributed by atoms with E-state index >= 15 is 0 Å². The van der Waals surface area contributed by atoms with Crippen molar-refractivity contribution in [2.24, 2.45) is 4.99 Å². The van der Waals surface area contributed by atoms with E-state index in [9.17, 15) is 13.6 Å². The Hall–Kier alpha value is -2.96. The molecule has 0 saturated heterocycles. The zero-order valence-electron chi connectivity index (χ0n) is 15.5. The molecule has 2 rings (SSSR count). The molecule has 0 atom stereocenters. The fourth-order valence-electron chi connectivity index (χ4n) is 2.64. The Morgan fingerprint density at radius 1 is 0.963 bits per heavy atom. The third kappa shape index (κ3) is 6.69. The summed E-state index contributed by atoms with van der Waals surface area (Å²) >= 11 is 0. The van der Waals surface area contributed by atoms with Crippen molar-refractivity contribution >= 4 is 11.9 Å². The molecule has 3 N–H and O–H groups in total. The highest BCUT2D eigenvalue weighted by molar-refractivity contribution is 5.94. The summed E-state index contributed by atoms with van der Waals surface area (Å²) in [5.41, 5.74) is 2.25. The number of benzene rings is 2. The fourth-order valence-corrected chi connectivity index (χ4v) is 2.64. The molecule has 0 bridgehead atoms. The van der Waals surface area contributed by atoms with Crippen molar-refractivity contribution in [1.82, 2.24) is 16.0 Å². The van der Waals surface area contributed by atoms with Crippen molar-refractivity contribution < 1.29 is 13.6 Å². The molecule has 0 aromatic heterocycles. The molecule has 5 nitrogen and oxygen atoms in total. The molecule has 0 unspecified atom stereocenters. The van der Waals surface area contributed by atoms with Crippen LogP contribution in [0.15, 0.2) is 47.5 Å². The molecule has 0 saturated carbocycles. The number of nitrogens with zero attached hydrogens (tertiary/aromatic N) is 1. The Bertz CT molecular complexity index is 788. The van der Waals surface area contributed by atoms with E-state index in [-0.39, 0.29) is 5.91 Å². The Morgan fingerprint density at radius 2 is 1.59 bits per heavy atom. The minimum absolute atomic E-state index is 0.115. The van der Waals surface area contributed by atoms with Gasteiger partial charge in [0.2, 0.25) is 0 Å². The second-order valence-electron chi connectivity index (χ2n) is 5.98. The van der Waals surface area contributed by atoms with Crippen molar-refractivity contribution in [2.45, 2.75) is 12.8 Å². The van der Waals surface area contributed by atoms with Gasteiger partial charge >= 0.3 is 0 Å². The maximum atomic E-state index is 13.2. The molecule has 0 aliphatic heterocycles. The van der Waals surface area contributed by atoms with Crippen LogP contribution in [-0.2, 0) is 12.8 Å². The van der Waals surface area contributed by atoms with Crippen LogP contribution < -0.4 is 16.0 Å². The summed E-state index contributed by atoms with van der Waals surface area (Å²) in [7, 11) is 3.26. The fraction of sp³-hybridized carbons (Fsp3) is 0.300. The van der Waals surface area contributed by atoms with Gasteiger partial charge in [0.1, 0.15) is 11.6 Å². The van der Waals surface area contributed by atoms with E-state index in [0.29, 0.717) is 36.6 Å². The molecule has 0 spiro atoms. The lowest BCUT2D eigenvalue weighted by molar-refractivity contribution is 0.0963. The average Bonchev–Trinajstić information content (AvgIpc) is 2.65. The highest BCUT2D eigenvalue weighted by Crippen LogP contribution is 2.08. The molecule has 144 valence electrons. The van der Waals surface area contributed by atoms with Gasteiger partial charge in [-0.2, -0.15) is 0 Å². The van der Waals surface area contributed by atoms with Gasteiger partial charge in [-0.25, -0.2) is 8.78 Å². The van der Waals surface area contributed by atoms with Crippen LogP contribution >= 0.6 is 0 Å². The quantitative estimate of drug-likeness (QED) is 0.515. The van der Waals surface area contributed by atoms with Gasteiger partial charge in [0.05, 0.1) is 0 Å². The summed E-state index contributed by atoms with van der Waals surface area (Å²) in [6.07, 6.45) is 1.20. The third-order valence-corrected chi connectivity index (χ3v) is 3.97. The predicted octanol–water partition coefficient (Wildman–Crippen LogP) is 2.27. The normalized spacial score (nSPS) is 11.2. The first-order valence-electron chi connectivity index (χ1n) is 8.72. The van der Waals surface area contributed by atoms with Gasteiger partial charge in [-0.1, -0.05) is 12.1 Å². The smallest absolute Gasteiger partial charge is 0.251 e. The summed E-state index contributed by atoms with van der Waals surface area (Å²) in [6, 6.07) is 10.9. The van der Waals surface area contributed by atoms with Crippen LogP contribution in [0.4, 0.5) is 8.78 Å². The number of halogens is 2. The first kappa shape index (κ1) is 20.4. The van der Waals surface area contributed by atoms with Crippen molar-refractivity contribution in [2.75, 3.05) is 27.2 Å². The highest BCUT2D eigenvalue weighted by Gasteiger charge is 2.05. The van der Waals surface area contributed by atoms with E-state index in [4.69, 9.17) is 0 Å². The number of rotatable bonds is 7. The Labute approximate surface area is 157 Å². The monoisotopic (exact) mass is 374 g/mol. The van der Waals surface area contributed by atoms with Gasteiger partial charge in [-0.15, -0.1) is 0 Å². The molecule has 7 heteroatoms. The van der Waals surface area contributed by atoms with E-state index in [1.165, 1.54) is 12.1 Å². The Balaban J connectivity index is 1.78. The Kier molecular flexibility index (Phi) is 7.73. The molecule has 2 aromatic carbocycles. The molecule has 0 heterocycles. The highest BCUT2D eigenvalue weighted by atomic mass is 19.1. The third-order valence-electron chi connectivity index (χ3n) is 3.97. The molecule has 0 fully saturated rings. The maximum absolute atomic E-state index is 13.2. The topological polar surface area (TPSA) is 65.5 Å². The van der Waals surface area contributed by atoms with Crippen LogP contribution in [0.5, 0.6) is 0 Å². The van der Waals surface area contributed by atoms with Crippen LogP contribution in [0, 0.1) is 11.6 Å². The Morgan fingerprint density at radius 3 is 2.19 bits per heavy atom. The van der Waals surface area contributed by atoms with Gasteiger partial charge in [0, 0.05) is 38.8 Å². The van der Waals surface area contributed by atoms with Gasteiger partial charge in [-0.05, 0) is 48.2 Å². The van der Waals surface area contributed by atoms with Crippen LogP contribution in [0.2, 0.25) is 0 Å². The first-order chi connectivity index (χ1) is 13.0. The number of aliphatic imine (C=N–C) groups is 1. The van der Waals surface area contributed by atoms with Crippen molar-refractivity contribution in [3.8, 4) is 0 Å². The summed E-state index contributed by atoms with van der Waals surface area (Å²) < 4.78 is 26.4. The molecule has 0 aliphatic rings. The van der Waals surface area contributed by atoms with Gasteiger partial charge < -0.3 is 16.0 Å². The van der Waals surface area contributed by atoms with Crippen molar-refractivity contribution in [3.63, 3.8) is 0 Å². The number of nitrogens with one attached hydrogen (secondary N) is 3. The molecular weight excluding hydrogens is 350 g/mol. The number of hydrogen-bond acceptors (Lipinski definition) is 2. The lowest BCUT2D eigenvalue weighted by Gasteiger charge is -2.12. The van der Waals surface area contributed by atoms with Crippen molar-refractivity contribution in [3.05, 3.63) is 70.8 Å². The van der Waals surface area contributed by atoms with Crippen LogP contribution in [0.25, 0.3) is 0 Å². The average molecular weight is 374 g/mol. The van der Waals surface area contributed by atoms with E-state index in [1.54, 1.807) is 20.2 Å². The lowest BCUT2D eigenvalue weighted by Crippen LogP contribution is -2.39. The second kappa shape index (κ2) is 10.3. The number of hydrogen-bond donors (Lipinski definition) is 3. The van der Waals surface area contributed by atoms with Crippen molar-refractivity contribution in [1.29, 1.82) is 0 Å². The molecule has 0 aliphatic carbocycles. The van der Waals surface area contributed by atoms with Crippen LogP contribution in [0.3, 0.4) is 0 Å². The SMILES string of the molecule is CN=C(NCCc1cc(F)cc(F)c1)NCCc1cccc(C(=O)NC)c1. The maximum Gasteiger partial charge on any atom is 0.251 e. The number of carbonyl (C=O) groups is 1. The molecular formula is C20H24F2N4O. The summed E-state index contributed by atoms with van der Waals surface area (Å²) in [5, 5.41) is 8.90. The molecule has 27 heavy (non-hydrogen) atoms. The van der Waals surface area contributed by atoms with Gasteiger partial charge in [0.25, 0.3) is 5.91 Å². The second-order valence-corrected chi connectivity index (χ2v) is 5.98. The minimum Gasteiger partial charge on any atom is -0.356 e. The van der Waals surface area contributed by atoms with E-state index in [1.807, 2.05) is 18.2 Å². The zero-order chi connectivity index (χ0) is 19.6. The summed E-state index contributed by atoms with van der Waals surface area (Å²) in [4.78, 5) is 15.8. The van der Waals surface area contributed by atoms with Gasteiger partial charge in [-0.3, -0.25) is 9.79 Å². The van der Waals surface area contributed by atoms with Crippen LogP contribution in [0.1, 0.15) is 21.5 Å². The first-order valence-corrected chi connectivity index (χ1v) is 8.72. The largest absolute Gasteiger partial charge is 0.356 e. The summed E-state index contributed by atoms with van der Waals surface area (Å²) in [5.74, 6) is -0.664. The summed E-state index contributed by atoms with van der Waals surface area (Å²) in [6.45, 7) is 1.13. The minimum atomic E-state index is -0.577. The predicted molar refractivity (Wildman–Crippen MR) is 103 cm³/mol. The van der Waals surface area contributed by atoms with Crippen LogP contribution in [-0.4, -0.2) is 39.1 Å². The number of amides is 1. The van der Waals surface area contributed by atoms with E-state index in [0.717, 1.165) is 18.1 Å². The van der Waals surface area contributed by atoms with E-state index < -0.39 is 11.6 Å². The molecule has 2 aromatic rings. The number of guanidine groups is 1. The lowest BCUT2D eigenvalue weighted by atomic mass is 10.1. The molecule has 0 radical (unpaired) electrons. The van der Waals surface area contributed by atoms with E-state index in [2.05, 4.69) is 20.9 Å². The zero-order valence-corrected chi connectivity index (χ0v) is 15.5. The van der Waals surface area contributed by atoms with Gasteiger partial charge in [0.15, 0.2) is 5.96 Å². The standard InChI is InChI=1S/C20H24F2N4O/c1-23-19(27)16-5-3-4-14(10-16)6-8-25-20(24-2)26-9-7-15-11-17(21)13-18(22)12-15/h3-5,10-13H,6-9H2,1-2H3,(H,23,27)(H2,24,25,26). The molecule has 1 amide bonds. The number of carbonyl (C=O) groups excluding carboxylic acids is 1.